The number of carbonyl (C=O) groups is 1. The van der Waals surface area contributed by atoms with Crippen molar-refractivity contribution in [1.29, 1.82) is 0 Å². The average molecular weight is 274 g/mol. The average Bonchev–Trinajstić information content (AvgIpc) is 2.41. The molecular weight excluding hydrogens is 246 g/mol. The van der Waals surface area contributed by atoms with Gasteiger partial charge in [0.1, 0.15) is 0 Å². The molecule has 0 bridgehead atoms. The molecule has 2 nitrogen and oxygen atoms in total. The van der Waals surface area contributed by atoms with Crippen LogP contribution in [0.4, 0.5) is 0 Å². The van der Waals surface area contributed by atoms with E-state index in [0.717, 1.165) is 13.0 Å². The second-order valence-corrected chi connectivity index (χ2v) is 5.76. The van der Waals surface area contributed by atoms with Crippen molar-refractivity contribution in [3.63, 3.8) is 0 Å². The summed E-state index contributed by atoms with van der Waals surface area (Å²) in [5.74, 6) is 0.899. The molecule has 1 amide bonds. The normalized spacial score (nSPS) is 16.8. The van der Waals surface area contributed by atoms with Gasteiger partial charge in [-0.2, -0.15) is 0 Å². The number of hydrogen-bond acceptors (Lipinski definition) is 1. The minimum Gasteiger partial charge on any atom is -0.339 e. The number of hydrogen-bond donors (Lipinski definition) is 0. The Kier molecular flexibility index (Phi) is 8.49. The second kappa shape index (κ2) is 9.66. The van der Waals surface area contributed by atoms with Crippen molar-refractivity contribution >= 4 is 17.5 Å². The minimum absolute atomic E-state index is 0.332. The summed E-state index contributed by atoms with van der Waals surface area (Å²) in [5.41, 5.74) is 0. The monoisotopic (exact) mass is 273 g/mol. The van der Waals surface area contributed by atoms with Crippen LogP contribution >= 0.6 is 11.6 Å². The van der Waals surface area contributed by atoms with E-state index >= 15 is 0 Å². The van der Waals surface area contributed by atoms with Gasteiger partial charge in [0.05, 0.1) is 0 Å². The lowest BCUT2D eigenvalue weighted by molar-refractivity contribution is -0.134. The zero-order chi connectivity index (χ0) is 13.2. The van der Waals surface area contributed by atoms with E-state index in [1.165, 1.54) is 51.4 Å². The molecule has 0 N–H and O–H groups in total. The highest BCUT2D eigenvalue weighted by atomic mass is 35.5. The van der Waals surface area contributed by atoms with Gasteiger partial charge in [-0.05, 0) is 19.3 Å². The fraction of sp³-hybridized carbons (Fsp3) is 0.933. The number of carbonyl (C=O) groups excluding carboxylic acids is 1. The summed E-state index contributed by atoms with van der Waals surface area (Å²) in [6, 6.07) is 0.469. The van der Waals surface area contributed by atoms with Gasteiger partial charge in [0, 0.05) is 24.9 Å². The molecule has 3 heteroatoms. The number of alkyl halides is 1. The Labute approximate surface area is 117 Å². The molecule has 1 saturated carbocycles. The summed E-state index contributed by atoms with van der Waals surface area (Å²) in [4.78, 5) is 14.3. The molecule has 1 aliphatic rings. The maximum Gasteiger partial charge on any atom is 0.222 e. The summed E-state index contributed by atoms with van der Waals surface area (Å²) in [6.45, 7) is 2.93. The Balaban J connectivity index is 2.36. The third kappa shape index (κ3) is 5.60. The van der Waals surface area contributed by atoms with Gasteiger partial charge >= 0.3 is 0 Å². The Morgan fingerprint density at radius 1 is 1.17 bits per heavy atom. The summed E-state index contributed by atoms with van der Waals surface area (Å²) < 4.78 is 0. The molecular formula is C15H28ClNO. The van der Waals surface area contributed by atoms with Crippen molar-refractivity contribution in [2.45, 2.75) is 77.2 Å². The number of rotatable bonds is 8. The third-order valence-corrected chi connectivity index (χ3v) is 4.07. The van der Waals surface area contributed by atoms with Gasteiger partial charge in [0.2, 0.25) is 5.91 Å². The molecule has 0 aromatic rings. The summed E-state index contributed by atoms with van der Waals surface area (Å²) >= 11 is 5.85. The fourth-order valence-corrected chi connectivity index (χ4v) is 3.02. The van der Waals surface area contributed by atoms with Gasteiger partial charge in [-0.1, -0.05) is 45.4 Å². The maximum absolute atomic E-state index is 12.3. The van der Waals surface area contributed by atoms with E-state index in [1.807, 2.05) is 0 Å². The highest BCUT2D eigenvalue weighted by Gasteiger charge is 2.24. The predicted octanol–water partition coefficient (Wildman–Crippen LogP) is 4.36. The number of halogens is 1. The van der Waals surface area contributed by atoms with E-state index in [0.29, 0.717) is 24.2 Å². The lowest BCUT2D eigenvalue weighted by Gasteiger charge is -2.34. The van der Waals surface area contributed by atoms with Crippen LogP contribution in [0.25, 0.3) is 0 Å². The molecule has 106 valence electrons. The molecule has 1 aliphatic carbocycles. The molecule has 0 heterocycles. The first kappa shape index (κ1) is 15.8. The molecule has 0 aromatic carbocycles. The molecule has 1 rings (SSSR count). The molecule has 0 atom stereocenters. The first-order chi connectivity index (χ1) is 8.79. The van der Waals surface area contributed by atoms with Crippen LogP contribution in [-0.4, -0.2) is 29.3 Å². The van der Waals surface area contributed by atoms with Crippen LogP contribution in [0.2, 0.25) is 0 Å². The Morgan fingerprint density at radius 3 is 2.50 bits per heavy atom. The minimum atomic E-state index is 0.332. The standard InChI is InChI=1S/C15H28ClNO/c1-2-3-4-8-11-15(18)17(13-12-16)14-9-6-5-7-10-14/h14H,2-13H2,1H3. The van der Waals surface area contributed by atoms with Crippen LogP contribution in [-0.2, 0) is 4.79 Å². The van der Waals surface area contributed by atoms with Crippen LogP contribution in [0.15, 0.2) is 0 Å². The number of amides is 1. The van der Waals surface area contributed by atoms with Crippen molar-refractivity contribution in [3.05, 3.63) is 0 Å². The summed E-state index contributed by atoms with van der Waals surface area (Å²) in [6.07, 6.45) is 11.6. The highest BCUT2D eigenvalue weighted by Crippen LogP contribution is 2.23. The largest absolute Gasteiger partial charge is 0.339 e. The van der Waals surface area contributed by atoms with Crippen molar-refractivity contribution in [1.82, 2.24) is 4.90 Å². The van der Waals surface area contributed by atoms with Gasteiger partial charge < -0.3 is 4.90 Å². The first-order valence-corrected chi connectivity index (χ1v) is 8.18. The molecule has 1 fully saturated rings. The maximum atomic E-state index is 12.3. The van der Waals surface area contributed by atoms with E-state index < -0.39 is 0 Å². The van der Waals surface area contributed by atoms with Crippen LogP contribution in [0.3, 0.4) is 0 Å². The van der Waals surface area contributed by atoms with Gasteiger partial charge in [-0.15, -0.1) is 11.6 Å². The Bertz CT molecular complexity index is 227. The van der Waals surface area contributed by atoms with Crippen molar-refractivity contribution in [3.8, 4) is 0 Å². The van der Waals surface area contributed by atoms with Crippen molar-refractivity contribution < 1.29 is 4.79 Å². The SMILES string of the molecule is CCCCCCC(=O)N(CCCl)C1CCCCC1. The van der Waals surface area contributed by atoms with Gasteiger partial charge in [0.25, 0.3) is 0 Å². The lowest BCUT2D eigenvalue weighted by atomic mass is 9.94. The quantitative estimate of drug-likeness (QED) is 0.475. The van der Waals surface area contributed by atoms with Gasteiger partial charge in [-0.25, -0.2) is 0 Å². The topological polar surface area (TPSA) is 20.3 Å². The van der Waals surface area contributed by atoms with Crippen LogP contribution < -0.4 is 0 Å². The van der Waals surface area contributed by atoms with Crippen LogP contribution in [0.1, 0.15) is 71.1 Å². The fourth-order valence-electron chi connectivity index (χ4n) is 2.84. The van der Waals surface area contributed by atoms with E-state index in [2.05, 4.69) is 11.8 Å². The predicted molar refractivity (Wildman–Crippen MR) is 78.1 cm³/mol. The van der Waals surface area contributed by atoms with E-state index in [4.69, 9.17) is 11.6 Å². The molecule has 0 aliphatic heterocycles. The zero-order valence-electron chi connectivity index (χ0n) is 11.8. The van der Waals surface area contributed by atoms with Gasteiger partial charge in [-0.3, -0.25) is 4.79 Å². The third-order valence-electron chi connectivity index (χ3n) is 3.91. The first-order valence-electron chi connectivity index (χ1n) is 7.65. The second-order valence-electron chi connectivity index (χ2n) is 5.38. The Hall–Kier alpha value is -0.240. The molecule has 18 heavy (non-hydrogen) atoms. The summed E-state index contributed by atoms with van der Waals surface area (Å²) in [7, 11) is 0. The zero-order valence-corrected chi connectivity index (χ0v) is 12.6. The van der Waals surface area contributed by atoms with Crippen LogP contribution in [0.5, 0.6) is 0 Å². The highest BCUT2D eigenvalue weighted by molar-refractivity contribution is 6.18. The Morgan fingerprint density at radius 2 is 1.89 bits per heavy atom. The molecule has 0 unspecified atom stereocenters. The van der Waals surface area contributed by atoms with Crippen molar-refractivity contribution in [2.75, 3.05) is 12.4 Å². The molecule has 0 spiro atoms. The number of unbranched alkanes of at least 4 members (excludes halogenated alkanes) is 3. The van der Waals surface area contributed by atoms with E-state index in [9.17, 15) is 4.79 Å². The molecule has 0 aromatic heterocycles. The molecule has 0 radical (unpaired) electrons. The van der Waals surface area contributed by atoms with E-state index in [-0.39, 0.29) is 0 Å². The van der Waals surface area contributed by atoms with E-state index in [1.54, 1.807) is 0 Å². The number of nitrogens with zero attached hydrogens (tertiary/aromatic N) is 1. The van der Waals surface area contributed by atoms with Gasteiger partial charge in [0.15, 0.2) is 0 Å². The smallest absolute Gasteiger partial charge is 0.222 e. The van der Waals surface area contributed by atoms with Crippen LogP contribution in [0, 0.1) is 0 Å². The van der Waals surface area contributed by atoms with Crippen molar-refractivity contribution in [2.24, 2.45) is 0 Å². The summed E-state index contributed by atoms with van der Waals surface area (Å²) in [5, 5.41) is 0. The molecule has 0 saturated heterocycles. The lowest BCUT2D eigenvalue weighted by Crippen LogP contribution is -2.42.